The molecule has 0 bridgehead atoms. The molecule has 27 heavy (non-hydrogen) atoms. The molecule has 0 aliphatic rings. The average molecular weight is 513 g/mol. The number of carbonyl (C=O) groups is 1. The van der Waals surface area contributed by atoms with Gasteiger partial charge in [0.2, 0.25) is 0 Å². The van der Waals surface area contributed by atoms with Gasteiger partial charge in [-0.3, -0.25) is 0 Å². The Morgan fingerprint density at radius 2 is 1.56 bits per heavy atom. The number of phenols is 1. The molecular formula is C18H18Br2F3NO3. The minimum absolute atomic E-state index is 0.311. The Morgan fingerprint density at radius 3 is 2.00 bits per heavy atom. The number of aromatic hydroxyl groups is 1. The first-order valence-corrected chi connectivity index (χ1v) is 9.99. The first-order chi connectivity index (χ1) is 12.7. The van der Waals surface area contributed by atoms with Crippen LogP contribution in [0.4, 0.5) is 18.9 Å². The number of anilines is 1. The van der Waals surface area contributed by atoms with Gasteiger partial charge in [-0.05, 0) is 42.5 Å². The molecule has 0 fully saturated rings. The summed E-state index contributed by atoms with van der Waals surface area (Å²) in [7, 11) is 0. The lowest BCUT2D eigenvalue weighted by Gasteiger charge is -2.22. The van der Waals surface area contributed by atoms with Crippen molar-refractivity contribution < 1.29 is 28.2 Å². The van der Waals surface area contributed by atoms with Gasteiger partial charge in [0.15, 0.2) is 0 Å². The molecule has 4 nitrogen and oxygen atoms in total. The van der Waals surface area contributed by atoms with Crippen molar-refractivity contribution in [2.75, 3.05) is 28.6 Å². The van der Waals surface area contributed by atoms with E-state index in [2.05, 4.69) is 36.8 Å². The average Bonchev–Trinajstić information content (AvgIpc) is 2.62. The highest BCUT2D eigenvalue weighted by Crippen LogP contribution is 2.29. The number of carboxylic acid groups (broad SMARTS) is 1. The van der Waals surface area contributed by atoms with Crippen LogP contribution in [-0.4, -0.2) is 39.9 Å². The van der Waals surface area contributed by atoms with E-state index in [0.717, 1.165) is 47.6 Å². The van der Waals surface area contributed by atoms with Crippen LogP contribution < -0.4 is 4.90 Å². The molecule has 0 saturated carbocycles. The lowest BCUT2D eigenvalue weighted by atomic mass is 10.1. The number of nitrogens with zero attached hydrogens (tertiary/aromatic N) is 1. The molecule has 0 radical (unpaired) electrons. The number of halogens is 5. The lowest BCUT2D eigenvalue weighted by molar-refractivity contribution is -0.137. The number of carboxylic acids is 1. The summed E-state index contributed by atoms with van der Waals surface area (Å²) in [5, 5.41) is 19.5. The van der Waals surface area contributed by atoms with Crippen LogP contribution in [0.1, 0.15) is 15.9 Å². The lowest BCUT2D eigenvalue weighted by Crippen LogP contribution is -2.27. The van der Waals surface area contributed by atoms with Gasteiger partial charge in [-0.15, -0.1) is 0 Å². The third-order valence-corrected chi connectivity index (χ3v) is 4.07. The van der Waals surface area contributed by atoms with Crippen LogP contribution in [-0.2, 0) is 6.18 Å². The Labute approximate surface area is 171 Å². The topological polar surface area (TPSA) is 60.8 Å². The van der Waals surface area contributed by atoms with Gasteiger partial charge < -0.3 is 15.1 Å². The van der Waals surface area contributed by atoms with E-state index in [4.69, 9.17) is 10.2 Å². The molecule has 0 saturated heterocycles. The summed E-state index contributed by atoms with van der Waals surface area (Å²) in [6.45, 7) is 1.94. The summed E-state index contributed by atoms with van der Waals surface area (Å²) in [5.74, 6) is -1.06. The van der Waals surface area contributed by atoms with E-state index in [9.17, 15) is 18.0 Å². The van der Waals surface area contributed by atoms with Crippen LogP contribution in [0.3, 0.4) is 0 Å². The molecule has 148 valence electrons. The molecule has 2 rings (SSSR count). The Balaban J connectivity index is 0.000000271. The maximum absolute atomic E-state index is 12.0. The van der Waals surface area contributed by atoms with E-state index in [1.165, 1.54) is 0 Å². The maximum Gasteiger partial charge on any atom is 0.416 e. The zero-order chi connectivity index (χ0) is 20.4. The first kappa shape index (κ1) is 23.3. The van der Waals surface area contributed by atoms with Crippen molar-refractivity contribution in [3.63, 3.8) is 0 Å². The van der Waals surface area contributed by atoms with Gasteiger partial charge in [0, 0.05) is 29.4 Å². The van der Waals surface area contributed by atoms with Crippen LogP contribution in [0.25, 0.3) is 0 Å². The molecule has 0 unspecified atom stereocenters. The van der Waals surface area contributed by atoms with E-state index in [1.807, 2.05) is 12.1 Å². The minimum atomic E-state index is -4.49. The molecule has 2 aromatic carbocycles. The minimum Gasteiger partial charge on any atom is -0.508 e. The quantitative estimate of drug-likeness (QED) is 0.509. The van der Waals surface area contributed by atoms with Gasteiger partial charge in [-0.2, -0.15) is 13.2 Å². The van der Waals surface area contributed by atoms with E-state index < -0.39 is 17.7 Å². The van der Waals surface area contributed by atoms with Gasteiger partial charge in [-0.25, -0.2) is 4.79 Å². The zero-order valence-electron chi connectivity index (χ0n) is 14.1. The molecule has 0 spiro atoms. The summed E-state index contributed by atoms with van der Waals surface area (Å²) >= 11 is 6.85. The summed E-state index contributed by atoms with van der Waals surface area (Å²) in [6, 6.07) is 10.9. The second-order valence-electron chi connectivity index (χ2n) is 5.27. The fraction of sp³-hybridized carbons (Fsp3) is 0.278. The van der Waals surface area contributed by atoms with Crippen molar-refractivity contribution in [3.05, 3.63) is 59.7 Å². The summed E-state index contributed by atoms with van der Waals surface area (Å²) in [4.78, 5) is 12.6. The SMILES string of the molecule is O=C(O)c1cccc(C(F)(F)F)c1.Oc1ccc(N(CCBr)CCBr)cc1. The van der Waals surface area contributed by atoms with Crippen LogP contribution in [0, 0.1) is 0 Å². The van der Waals surface area contributed by atoms with Gasteiger partial charge >= 0.3 is 12.1 Å². The highest BCUT2D eigenvalue weighted by atomic mass is 79.9. The predicted octanol–water partition coefficient (Wildman–Crippen LogP) is 5.39. The van der Waals surface area contributed by atoms with Crippen LogP contribution >= 0.6 is 31.9 Å². The van der Waals surface area contributed by atoms with Crippen molar-refractivity contribution in [1.29, 1.82) is 0 Å². The van der Waals surface area contributed by atoms with Crippen LogP contribution in [0.5, 0.6) is 5.75 Å². The molecule has 2 aromatic rings. The normalized spacial score (nSPS) is 10.7. The van der Waals surface area contributed by atoms with Crippen molar-refractivity contribution in [2.24, 2.45) is 0 Å². The maximum atomic E-state index is 12.0. The van der Waals surface area contributed by atoms with Gasteiger partial charge in [0.05, 0.1) is 11.1 Å². The Hall–Kier alpha value is -1.74. The first-order valence-electron chi connectivity index (χ1n) is 7.75. The van der Waals surface area contributed by atoms with Gasteiger partial charge in [0.25, 0.3) is 0 Å². The number of aromatic carboxylic acids is 1. The Bertz CT molecular complexity index is 719. The second-order valence-corrected chi connectivity index (χ2v) is 6.85. The van der Waals surface area contributed by atoms with Gasteiger partial charge in [-0.1, -0.05) is 37.9 Å². The van der Waals surface area contributed by atoms with Crippen molar-refractivity contribution in [3.8, 4) is 5.75 Å². The predicted molar refractivity (Wildman–Crippen MR) is 106 cm³/mol. The molecule has 0 aliphatic heterocycles. The fourth-order valence-electron chi connectivity index (χ4n) is 2.07. The number of hydrogen-bond acceptors (Lipinski definition) is 3. The highest BCUT2D eigenvalue weighted by molar-refractivity contribution is 9.09. The smallest absolute Gasteiger partial charge is 0.416 e. The van der Waals surface area contributed by atoms with Crippen LogP contribution in [0.15, 0.2) is 48.5 Å². The highest BCUT2D eigenvalue weighted by Gasteiger charge is 2.30. The monoisotopic (exact) mass is 511 g/mol. The third kappa shape index (κ3) is 8.21. The standard InChI is InChI=1S/C10H13Br2NO.C8H5F3O2/c11-5-7-13(8-6-12)9-1-3-10(14)4-2-9;9-8(10,11)6-3-1-2-5(4-6)7(12)13/h1-4,14H,5-8H2;1-4H,(H,12,13). The second kappa shape index (κ2) is 11.2. The molecule has 0 aromatic heterocycles. The summed E-state index contributed by atoms with van der Waals surface area (Å²) < 4.78 is 36.1. The number of benzene rings is 2. The number of hydrogen-bond donors (Lipinski definition) is 2. The zero-order valence-corrected chi connectivity index (χ0v) is 17.3. The number of rotatable bonds is 6. The molecule has 0 atom stereocenters. The molecule has 2 N–H and O–H groups in total. The largest absolute Gasteiger partial charge is 0.508 e. The fourth-order valence-corrected chi connectivity index (χ4v) is 2.92. The summed E-state index contributed by atoms with van der Waals surface area (Å²) in [6.07, 6.45) is -4.49. The van der Waals surface area contributed by atoms with Gasteiger partial charge in [0.1, 0.15) is 5.75 Å². The van der Waals surface area contributed by atoms with E-state index >= 15 is 0 Å². The summed E-state index contributed by atoms with van der Waals surface area (Å²) in [5.41, 5.74) is -0.177. The third-order valence-electron chi connectivity index (χ3n) is 3.36. The van der Waals surface area contributed by atoms with E-state index in [1.54, 1.807) is 12.1 Å². The van der Waals surface area contributed by atoms with Crippen molar-refractivity contribution in [1.82, 2.24) is 0 Å². The molecule has 9 heteroatoms. The van der Waals surface area contributed by atoms with E-state index in [0.29, 0.717) is 11.8 Å². The van der Waals surface area contributed by atoms with Crippen molar-refractivity contribution >= 4 is 43.5 Å². The molecular weight excluding hydrogens is 495 g/mol. The van der Waals surface area contributed by atoms with Crippen molar-refractivity contribution in [2.45, 2.75) is 6.18 Å². The van der Waals surface area contributed by atoms with Crippen LogP contribution in [0.2, 0.25) is 0 Å². The Kier molecular flexibility index (Phi) is 9.65. The number of phenolic OH excluding ortho intramolecular Hbond substituents is 1. The molecule has 0 amide bonds. The number of alkyl halides is 5. The van der Waals surface area contributed by atoms with E-state index in [-0.39, 0.29) is 5.56 Å². The molecule has 0 heterocycles. The molecule has 0 aliphatic carbocycles. The Morgan fingerprint density at radius 1 is 1.00 bits per heavy atom.